The molecule has 1 amide bonds. The van der Waals surface area contributed by atoms with Crippen LogP contribution >= 0.6 is 0 Å². The first-order valence-electron chi connectivity index (χ1n) is 7.43. The minimum absolute atomic E-state index is 0.272. The molecule has 0 aliphatic heterocycles. The van der Waals surface area contributed by atoms with Crippen molar-refractivity contribution in [3.05, 3.63) is 82.4 Å². The van der Waals surface area contributed by atoms with E-state index in [4.69, 9.17) is 0 Å². The molecule has 0 radical (unpaired) electrons. The number of carbonyl (C=O) groups is 1. The van der Waals surface area contributed by atoms with Gasteiger partial charge >= 0.3 is 0 Å². The number of nitro groups is 1. The Kier molecular flexibility index (Phi) is 4.65. The number of nitro benzene ring substituents is 1. The Labute approximate surface area is 148 Å². The molecule has 8 nitrogen and oxygen atoms in total. The normalized spacial score (nSPS) is 11.2. The fourth-order valence-corrected chi connectivity index (χ4v) is 3.51. The summed E-state index contributed by atoms with van der Waals surface area (Å²) in [6.07, 6.45) is 0. The van der Waals surface area contributed by atoms with E-state index in [1.807, 2.05) is 23.0 Å². The Balaban J connectivity index is 1.86. The van der Waals surface area contributed by atoms with Crippen molar-refractivity contribution in [1.82, 2.24) is 10.3 Å². The Morgan fingerprint density at radius 2 is 1.58 bits per heavy atom. The molecule has 0 fully saturated rings. The molecule has 132 valence electrons. The van der Waals surface area contributed by atoms with Gasteiger partial charge in [-0.05, 0) is 22.9 Å². The zero-order valence-electron chi connectivity index (χ0n) is 13.2. The van der Waals surface area contributed by atoms with Gasteiger partial charge in [0, 0.05) is 11.6 Å². The van der Waals surface area contributed by atoms with Crippen LogP contribution in [-0.2, 0) is 10.0 Å². The standard InChI is InChI=1S/C17H13N3O5S/c21-17(14-9-5-7-12-6-1-2-8-13(12)14)18-19-26(24,25)16-11-4-3-10-15(16)20(22)23/h1-11,19H,(H,18,21). The predicted molar refractivity (Wildman–Crippen MR) is 94.8 cm³/mol. The number of carbonyl (C=O) groups excluding carboxylic acids is 1. The molecule has 3 rings (SSSR count). The second-order valence-corrected chi connectivity index (χ2v) is 6.96. The van der Waals surface area contributed by atoms with Gasteiger partial charge < -0.3 is 0 Å². The molecule has 0 aromatic heterocycles. The van der Waals surface area contributed by atoms with E-state index < -0.39 is 31.4 Å². The van der Waals surface area contributed by atoms with Gasteiger partial charge in [0.2, 0.25) is 0 Å². The highest BCUT2D eigenvalue weighted by Gasteiger charge is 2.25. The molecular weight excluding hydrogens is 358 g/mol. The lowest BCUT2D eigenvalue weighted by atomic mass is 10.0. The zero-order chi connectivity index (χ0) is 18.7. The number of amides is 1. The summed E-state index contributed by atoms with van der Waals surface area (Å²) in [7, 11) is -4.32. The average molecular weight is 371 g/mol. The SMILES string of the molecule is O=C(NNS(=O)(=O)c1ccccc1[N+](=O)[O-])c1cccc2ccccc12. The largest absolute Gasteiger partial charge is 0.289 e. The van der Waals surface area contributed by atoms with Gasteiger partial charge in [-0.1, -0.05) is 48.5 Å². The van der Waals surface area contributed by atoms with Crippen molar-refractivity contribution in [3.8, 4) is 0 Å². The molecule has 26 heavy (non-hydrogen) atoms. The van der Waals surface area contributed by atoms with Crippen molar-refractivity contribution >= 4 is 32.4 Å². The molecule has 3 aromatic carbocycles. The number of rotatable bonds is 5. The summed E-state index contributed by atoms with van der Waals surface area (Å²) in [5, 5.41) is 12.5. The summed E-state index contributed by atoms with van der Waals surface area (Å²) < 4.78 is 24.7. The number of hydrogen-bond acceptors (Lipinski definition) is 5. The van der Waals surface area contributed by atoms with E-state index in [1.165, 1.54) is 12.1 Å². The molecule has 0 unspecified atom stereocenters. The predicted octanol–water partition coefficient (Wildman–Crippen LogP) is 2.37. The number of nitrogens with one attached hydrogen (secondary N) is 2. The van der Waals surface area contributed by atoms with Crippen LogP contribution in [0, 0.1) is 10.1 Å². The van der Waals surface area contributed by atoms with Crippen LogP contribution in [-0.4, -0.2) is 19.2 Å². The van der Waals surface area contributed by atoms with Crippen LogP contribution < -0.4 is 10.3 Å². The van der Waals surface area contributed by atoms with Gasteiger partial charge in [0.1, 0.15) is 0 Å². The van der Waals surface area contributed by atoms with Crippen LogP contribution in [0.3, 0.4) is 0 Å². The zero-order valence-corrected chi connectivity index (χ0v) is 14.1. The van der Waals surface area contributed by atoms with Gasteiger partial charge in [-0.3, -0.25) is 20.3 Å². The van der Waals surface area contributed by atoms with Gasteiger partial charge in [0.15, 0.2) is 4.90 Å². The maximum Gasteiger partial charge on any atom is 0.289 e. The summed E-state index contributed by atoms with van der Waals surface area (Å²) in [5.74, 6) is -0.677. The topological polar surface area (TPSA) is 118 Å². The van der Waals surface area contributed by atoms with Gasteiger partial charge in [0.05, 0.1) is 4.92 Å². The molecule has 9 heteroatoms. The second kappa shape index (κ2) is 6.90. The molecule has 3 aromatic rings. The molecule has 0 saturated carbocycles. The average Bonchev–Trinajstić information content (AvgIpc) is 2.65. The molecular formula is C17H13N3O5S. The van der Waals surface area contributed by atoms with E-state index in [9.17, 15) is 23.3 Å². The Hall–Kier alpha value is -3.30. The fourth-order valence-electron chi connectivity index (χ4n) is 2.49. The first kappa shape index (κ1) is 17.5. The van der Waals surface area contributed by atoms with Crippen LogP contribution in [0.1, 0.15) is 10.4 Å². The highest BCUT2D eigenvalue weighted by atomic mass is 32.2. The van der Waals surface area contributed by atoms with E-state index >= 15 is 0 Å². The van der Waals surface area contributed by atoms with Crippen LogP contribution in [0.4, 0.5) is 5.69 Å². The monoisotopic (exact) mass is 371 g/mol. The Bertz CT molecular complexity index is 1110. The molecule has 0 atom stereocenters. The maximum atomic E-state index is 12.4. The molecule has 0 spiro atoms. The van der Waals surface area contributed by atoms with Crippen molar-refractivity contribution in [1.29, 1.82) is 0 Å². The summed E-state index contributed by atoms with van der Waals surface area (Å²) >= 11 is 0. The number of nitrogens with zero attached hydrogens (tertiary/aromatic N) is 1. The molecule has 0 aliphatic carbocycles. The quantitative estimate of drug-likeness (QED) is 0.527. The van der Waals surface area contributed by atoms with Crippen LogP contribution in [0.2, 0.25) is 0 Å². The minimum atomic E-state index is -4.32. The van der Waals surface area contributed by atoms with Gasteiger partial charge in [-0.25, -0.2) is 8.42 Å². The number of fused-ring (bicyclic) bond motifs is 1. The molecule has 0 saturated heterocycles. The van der Waals surface area contributed by atoms with Crippen LogP contribution in [0.15, 0.2) is 71.6 Å². The smallest absolute Gasteiger partial charge is 0.273 e. The molecule has 0 bridgehead atoms. The van der Waals surface area contributed by atoms with Crippen LogP contribution in [0.5, 0.6) is 0 Å². The Morgan fingerprint density at radius 3 is 2.35 bits per heavy atom. The second-order valence-electron chi connectivity index (χ2n) is 5.31. The third kappa shape index (κ3) is 3.39. The summed E-state index contributed by atoms with van der Waals surface area (Å²) in [5.41, 5.74) is 1.78. The lowest BCUT2D eigenvalue weighted by Crippen LogP contribution is -2.41. The van der Waals surface area contributed by atoms with Gasteiger partial charge in [-0.15, -0.1) is 4.83 Å². The van der Waals surface area contributed by atoms with E-state index in [1.54, 1.807) is 24.3 Å². The number of sulfonamides is 1. The lowest BCUT2D eigenvalue weighted by Gasteiger charge is -2.10. The summed E-state index contributed by atoms with van der Waals surface area (Å²) in [6, 6.07) is 17.1. The van der Waals surface area contributed by atoms with Gasteiger partial charge in [-0.2, -0.15) is 0 Å². The van der Waals surface area contributed by atoms with E-state index in [0.717, 1.165) is 17.5 Å². The number of benzene rings is 3. The first-order chi connectivity index (χ1) is 12.4. The van der Waals surface area contributed by atoms with E-state index in [0.29, 0.717) is 5.39 Å². The van der Waals surface area contributed by atoms with Crippen molar-refractivity contribution in [2.24, 2.45) is 0 Å². The summed E-state index contributed by atoms with van der Waals surface area (Å²) in [4.78, 5) is 23.9. The third-order valence-corrected chi connectivity index (χ3v) is 4.98. The number of hydrogen-bond donors (Lipinski definition) is 2. The lowest BCUT2D eigenvalue weighted by molar-refractivity contribution is -0.387. The highest BCUT2D eigenvalue weighted by Crippen LogP contribution is 2.22. The van der Waals surface area contributed by atoms with Crippen molar-refractivity contribution in [2.45, 2.75) is 4.90 Å². The highest BCUT2D eigenvalue weighted by molar-refractivity contribution is 7.89. The fraction of sp³-hybridized carbons (Fsp3) is 0. The third-order valence-electron chi connectivity index (χ3n) is 3.68. The molecule has 2 N–H and O–H groups in total. The van der Waals surface area contributed by atoms with Crippen molar-refractivity contribution < 1.29 is 18.1 Å². The molecule has 0 aliphatic rings. The maximum absolute atomic E-state index is 12.4. The minimum Gasteiger partial charge on any atom is -0.273 e. The Morgan fingerprint density at radius 1 is 0.923 bits per heavy atom. The first-order valence-corrected chi connectivity index (χ1v) is 8.92. The molecule has 0 heterocycles. The van der Waals surface area contributed by atoms with Crippen molar-refractivity contribution in [3.63, 3.8) is 0 Å². The van der Waals surface area contributed by atoms with Crippen LogP contribution in [0.25, 0.3) is 10.8 Å². The number of para-hydroxylation sites is 1. The van der Waals surface area contributed by atoms with E-state index in [-0.39, 0.29) is 5.56 Å². The van der Waals surface area contributed by atoms with Gasteiger partial charge in [0.25, 0.3) is 21.6 Å². The summed E-state index contributed by atoms with van der Waals surface area (Å²) in [6.45, 7) is 0. The van der Waals surface area contributed by atoms with E-state index in [2.05, 4.69) is 5.43 Å². The number of hydrazine groups is 1. The van der Waals surface area contributed by atoms with Crippen molar-refractivity contribution in [2.75, 3.05) is 0 Å².